The number of piperidine rings is 1. The minimum absolute atomic E-state index is 0.176. The monoisotopic (exact) mass is 301 g/mol. The summed E-state index contributed by atoms with van der Waals surface area (Å²) in [5.74, 6) is 0.176. The van der Waals surface area contributed by atoms with Crippen LogP contribution in [-0.2, 0) is 0 Å². The van der Waals surface area contributed by atoms with Crippen molar-refractivity contribution in [3.63, 3.8) is 0 Å². The Labute approximate surface area is 133 Å². The Hall–Kier alpha value is -1.39. The highest BCUT2D eigenvalue weighted by atomic mass is 16.2. The van der Waals surface area contributed by atoms with Gasteiger partial charge in [0.1, 0.15) is 0 Å². The Bertz CT molecular complexity index is 482. The van der Waals surface area contributed by atoms with Gasteiger partial charge in [-0.15, -0.1) is 0 Å². The first-order valence-electron chi connectivity index (χ1n) is 8.51. The number of likely N-dealkylation sites (N-methyl/N-ethyl adjacent to an activating group) is 1. The minimum atomic E-state index is 0.176. The maximum absolute atomic E-state index is 12.4. The zero-order chi connectivity index (χ0) is 15.4. The van der Waals surface area contributed by atoms with Crippen LogP contribution in [0, 0.1) is 0 Å². The van der Waals surface area contributed by atoms with E-state index in [4.69, 9.17) is 0 Å². The van der Waals surface area contributed by atoms with Gasteiger partial charge in [-0.3, -0.25) is 9.69 Å². The Morgan fingerprint density at radius 2 is 1.77 bits per heavy atom. The number of likely N-dealkylation sites (tertiary alicyclic amines) is 1. The summed E-state index contributed by atoms with van der Waals surface area (Å²) in [7, 11) is 2.25. The SMILES string of the molecule is CN1CCCC[C@H]1CN1CCN(C(=O)c2ccccc2)CC1. The number of hydrogen-bond acceptors (Lipinski definition) is 3. The van der Waals surface area contributed by atoms with E-state index in [1.165, 1.54) is 25.8 Å². The highest BCUT2D eigenvalue weighted by Crippen LogP contribution is 2.17. The summed E-state index contributed by atoms with van der Waals surface area (Å²) >= 11 is 0. The highest BCUT2D eigenvalue weighted by molar-refractivity contribution is 5.94. The first kappa shape index (κ1) is 15.5. The van der Waals surface area contributed by atoms with E-state index in [0.717, 1.165) is 38.3 Å². The van der Waals surface area contributed by atoms with Crippen LogP contribution in [0.2, 0.25) is 0 Å². The second kappa shape index (κ2) is 7.25. The number of amides is 1. The molecule has 4 heteroatoms. The molecule has 4 nitrogen and oxygen atoms in total. The smallest absolute Gasteiger partial charge is 0.253 e. The molecule has 2 saturated heterocycles. The third-order valence-electron chi connectivity index (χ3n) is 5.07. The average Bonchev–Trinajstić information content (AvgIpc) is 2.58. The molecule has 0 N–H and O–H groups in total. The first-order chi connectivity index (χ1) is 10.7. The lowest BCUT2D eigenvalue weighted by atomic mass is 10.0. The van der Waals surface area contributed by atoms with Crippen molar-refractivity contribution in [1.29, 1.82) is 0 Å². The lowest BCUT2D eigenvalue weighted by Crippen LogP contribution is -2.53. The van der Waals surface area contributed by atoms with Crippen LogP contribution >= 0.6 is 0 Å². The number of rotatable bonds is 3. The van der Waals surface area contributed by atoms with E-state index in [9.17, 15) is 4.79 Å². The van der Waals surface area contributed by atoms with Crippen molar-refractivity contribution in [1.82, 2.24) is 14.7 Å². The maximum Gasteiger partial charge on any atom is 0.253 e. The molecule has 0 aromatic heterocycles. The predicted molar refractivity (Wildman–Crippen MR) is 89.1 cm³/mol. The van der Waals surface area contributed by atoms with Crippen molar-refractivity contribution in [3.8, 4) is 0 Å². The molecule has 1 amide bonds. The fourth-order valence-corrected chi connectivity index (χ4v) is 3.57. The van der Waals surface area contributed by atoms with Crippen molar-refractivity contribution in [2.24, 2.45) is 0 Å². The van der Waals surface area contributed by atoms with Gasteiger partial charge in [0.25, 0.3) is 5.91 Å². The summed E-state index contributed by atoms with van der Waals surface area (Å²) in [6.07, 6.45) is 4.02. The van der Waals surface area contributed by atoms with Crippen molar-refractivity contribution >= 4 is 5.91 Å². The van der Waals surface area contributed by atoms with Crippen LogP contribution in [0.3, 0.4) is 0 Å². The van der Waals surface area contributed by atoms with E-state index < -0.39 is 0 Å². The van der Waals surface area contributed by atoms with Gasteiger partial charge in [-0.1, -0.05) is 24.6 Å². The maximum atomic E-state index is 12.4. The molecular weight excluding hydrogens is 274 g/mol. The van der Waals surface area contributed by atoms with Gasteiger partial charge < -0.3 is 9.80 Å². The van der Waals surface area contributed by atoms with Crippen LogP contribution in [0.15, 0.2) is 30.3 Å². The Balaban J connectivity index is 1.49. The summed E-state index contributed by atoms with van der Waals surface area (Å²) in [5, 5.41) is 0. The highest BCUT2D eigenvalue weighted by Gasteiger charge is 2.26. The molecule has 120 valence electrons. The molecule has 0 unspecified atom stereocenters. The van der Waals surface area contributed by atoms with Gasteiger partial charge in [0, 0.05) is 44.3 Å². The van der Waals surface area contributed by atoms with Crippen LogP contribution in [0.5, 0.6) is 0 Å². The molecule has 0 bridgehead atoms. The number of carbonyl (C=O) groups is 1. The second-order valence-corrected chi connectivity index (χ2v) is 6.59. The fraction of sp³-hybridized carbons (Fsp3) is 0.611. The van der Waals surface area contributed by atoms with Crippen LogP contribution in [0.1, 0.15) is 29.6 Å². The number of piperazine rings is 1. The summed E-state index contributed by atoms with van der Waals surface area (Å²) in [6, 6.07) is 10.3. The predicted octanol–water partition coefficient (Wildman–Crippen LogP) is 1.93. The summed E-state index contributed by atoms with van der Waals surface area (Å²) in [4.78, 5) is 19.5. The molecule has 2 heterocycles. The fourth-order valence-electron chi connectivity index (χ4n) is 3.57. The Morgan fingerprint density at radius 1 is 1.05 bits per heavy atom. The van der Waals surface area contributed by atoms with Gasteiger partial charge in [0.2, 0.25) is 0 Å². The first-order valence-corrected chi connectivity index (χ1v) is 8.51. The van der Waals surface area contributed by atoms with Crippen LogP contribution in [-0.4, -0.2) is 73.0 Å². The van der Waals surface area contributed by atoms with Gasteiger partial charge in [0.15, 0.2) is 0 Å². The molecular formula is C18H27N3O. The van der Waals surface area contributed by atoms with E-state index in [2.05, 4.69) is 16.8 Å². The molecule has 1 aromatic carbocycles. The van der Waals surface area contributed by atoms with E-state index in [1.807, 2.05) is 35.2 Å². The van der Waals surface area contributed by atoms with Gasteiger partial charge >= 0.3 is 0 Å². The zero-order valence-electron chi connectivity index (χ0n) is 13.6. The lowest BCUT2D eigenvalue weighted by molar-refractivity contribution is 0.0565. The molecule has 0 radical (unpaired) electrons. The van der Waals surface area contributed by atoms with Crippen molar-refractivity contribution in [2.75, 3.05) is 46.3 Å². The molecule has 2 aliphatic heterocycles. The van der Waals surface area contributed by atoms with E-state index in [1.54, 1.807) is 0 Å². The molecule has 0 saturated carbocycles. The topological polar surface area (TPSA) is 26.8 Å². The summed E-state index contributed by atoms with van der Waals surface area (Å²) in [5.41, 5.74) is 0.808. The van der Waals surface area contributed by atoms with Gasteiger partial charge in [0.05, 0.1) is 0 Å². The molecule has 1 aromatic rings. The number of carbonyl (C=O) groups excluding carboxylic acids is 1. The second-order valence-electron chi connectivity index (χ2n) is 6.59. The molecule has 1 atom stereocenters. The zero-order valence-corrected chi connectivity index (χ0v) is 13.6. The molecule has 0 aliphatic carbocycles. The molecule has 2 aliphatic rings. The van der Waals surface area contributed by atoms with Crippen molar-refractivity contribution < 1.29 is 4.79 Å². The Kier molecular flexibility index (Phi) is 5.11. The van der Waals surface area contributed by atoms with E-state index in [0.29, 0.717) is 6.04 Å². The molecule has 3 rings (SSSR count). The number of nitrogens with zero attached hydrogens (tertiary/aromatic N) is 3. The average molecular weight is 301 g/mol. The minimum Gasteiger partial charge on any atom is -0.336 e. The van der Waals surface area contributed by atoms with Crippen LogP contribution < -0.4 is 0 Å². The summed E-state index contributed by atoms with van der Waals surface area (Å²) < 4.78 is 0. The molecule has 2 fully saturated rings. The standard InChI is InChI=1S/C18H27N3O/c1-19-10-6-5-9-17(19)15-20-11-13-21(14-12-20)18(22)16-7-3-2-4-8-16/h2-4,7-8,17H,5-6,9-15H2,1H3/t17-/m0/s1. The quantitative estimate of drug-likeness (QED) is 0.853. The normalized spacial score (nSPS) is 24.4. The van der Waals surface area contributed by atoms with Gasteiger partial charge in [-0.25, -0.2) is 0 Å². The lowest BCUT2D eigenvalue weighted by Gasteiger charge is -2.40. The number of hydrogen-bond donors (Lipinski definition) is 0. The van der Waals surface area contributed by atoms with Gasteiger partial charge in [-0.2, -0.15) is 0 Å². The van der Waals surface area contributed by atoms with E-state index in [-0.39, 0.29) is 5.91 Å². The van der Waals surface area contributed by atoms with Crippen molar-refractivity contribution in [3.05, 3.63) is 35.9 Å². The Morgan fingerprint density at radius 3 is 2.45 bits per heavy atom. The third-order valence-corrected chi connectivity index (χ3v) is 5.07. The van der Waals surface area contributed by atoms with Crippen LogP contribution in [0.25, 0.3) is 0 Å². The number of benzene rings is 1. The molecule has 0 spiro atoms. The van der Waals surface area contributed by atoms with Crippen LogP contribution in [0.4, 0.5) is 0 Å². The van der Waals surface area contributed by atoms with Gasteiger partial charge in [-0.05, 0) is 38.6 Å². The van der Waals surface area contributed by atoms with Crippen molar-refractivity contribution in [2.45, 2.75) is 25.3 Å². The third kappa shape index (κ3) is 3.68. The largest absolute Gasteiger partial charge is 0.336 e. The summed E-state index contributed by atoms with van der Waals surface area (Å²) in [6.45, 7) is 6.10. The molecule has 22 heavy (non-hydrogen) atoms. The van der Waals surface area contributed by atoms with E-state index >= 15 is 0 Å².